The molecule has 1 unspecified atom stereocenters. The van der Waals surface area contributed by atoms with Crippen molar-refractivity contribution in [1.29, 1.82) is 0 Å². The van der Waals surface area contributed by atoms with Crippen LogP contribution in [-0.4, -0.2) is 47.3 Å². The molecule has 2 N–H and O–H groups in total. The van der Waals surface area contributed by atoms with Crippen LogP contribution < -0.4 is 4.74 Å². The van der Waals surface area contributed by atoms with E-state index >= 15 is 0 Å². The van der Waals surface area contributed by atoms with Crippen molar-refractivity contribution < 1.29 is 19.7 Å². The first-order valence-corrected chi connectivity index (χ1v) is 5.46. The fraction of sp³-hybridized carbons (Fsp3) is 0.417. The molecule has 1 aromatic rings. The lowest BCUT2D eigenvalue weighted by Crippen LogP contribution is -2.29. The second-order valence-electron chi connectivity index (χ2n) is 4.08. The number of hydrogen-bond acceptors (Lipinski definition) is 4. The predicted octanol–water partition coefficient (Wildman–Crippen LogP) is 0.608. The van der Waals surface area contributed by atoms with Crippen molar-refractivity contribution >= 4 is 5.91 Å². The van der Waals surface area contributed by atoms with E-state index in [2.05, 4.69) is 0 Å². The number of phenolic OH excluding ortho intramolecular Hbond substituents is 1. The zero-order chi connectivity index (χ0) is 12.4. The van der Waals surface area contributed by atoms with Gasteiger partial charge in [-0.25, -0.2) is 0 Å². The van der Waals surface area contributed by atoms with Crippen molar-refractivity contribution in [2.24, 2.45) is 0 Å². The van der Waals surface area contributed by atoms with Gasteiger partial charge in [-0.3, -0.25) is 4.79 Å². The van der Waals surface area contributed by atoms with Crippen LogP contribution in [0.1, 0.15) is 16.8 Å². The number of aliphatic hydroxyl groups is 1. The topological polar surface area (TPSA) is 70.0 Å². The summed E-state index contributed by atoms with van der Waals surface area (Å²) in [4.78, 5) is 13.6. The zero-order valence-electron chi connectivity index (χ0n) is 9.59. The number of rotatable bonds is 2. The van der Waals surface area contributed by atoms with E-state index in [1.54, 1.807) is 17.0 Å². The highest BCUT2D eigenvalue weighted by Crippen LogP contribution is 2.27. The number of carbonyl (C=O) groups is 1. The molecule has 1 saturated heterocycles. The van der Waals surface area contributed by atoms with Gasteiger partial charge in [0.2, 0.25) is 0 Å². The van der Waals surface area contributed by atoms with Gasteiger partial charge in [-0.05, 0) is 24.6 Å². The molecule has 0 spiro atoms. The number of phenols is 1. The van der Waals surface area contributed by atoms with Crippen LogP contribution in [0.2, 0.25) is 0 Å². The third-order valence-electron chi connectivity index (χ3n) is 2.88. The van der Waals surface area contributed by atoms with Gasteiger partial charge in [0.05, 0.1) is 13.2 Å². The fourth-order valence-corrected chi connectivity index (χ4v) is 1.93. The number of aliphatic hydroxyl groups excluding tert-OH is 1. The van der Waals surface area contributed by atoms with Crippen molar-refractivity contribution in [3.05, 3.63) is 23.8 Å². The Morgan fingerprint density at radius 3 is 2.82 bits per heavy atom. The second kappa shape index (κ2) is 4.63. The van der Waals surface area contributed by atoms with E-state index in [1.807, 2.05) is 0 Å². The van der Waals surface area contributed by atoms with Crippen molar-refractivity contribution in [2.75, 3.05) is 20.2 Å². The van der Waals surface area contributed by atoms with Gasteiger partial charge in [-0.2, -0.15) is 0 Å². The normalized spacial score (nSPS) is 19.4. The molecule has 0 aromatic heterocycles. The Bertz CT molecular complexity index is 433. The standard InChI is InChI=1S/C12H15NO4/c1-17-11-3-2-8(6-10(11)15)12(16)13-5-4-9(14)7-13/h2-3,6,9,14-15H,4-5,7H2,1H3. The van der Waals surface area contributed by atoms with Crippen molar-refractivity contribution in [3.8, 4) is 11.5 Å². The minimum absolute atomic E-state index is 0.0573. The molecule has 1 aromatic carbocycles. The molecule has 1 heterocycles. The van der Waals surface area contributed by atoms with Crippen molar-refractivity contribution in [2.45, 2.75) is 12.5 Å². The summed E-state index contributed by atoms with van der Waals surface area (Å²) in [5.41, 5.74) is 0.400. The number of ether oxygens (including phenoxy) is 1. The van der Waals surface area contributed by atoms with Crippen LogP contribution in [0.4, 0.5) is 0 Å². The summed E-state index contributed by atoms with van der Waals surface area (Å²) in [5, 5.41) is 19.0. The summed E-state index contributed by atoms with van der Waals surface area (Å²) in [5.74, 6) is 0.0978. The highest BCUT2D eigenvalue weighted by atomic mass is 16.5. The van der Waals surface area contributed by atoms with E-state index in [9.17, 15) is 15.0 Å². The molecule has 5 nitrogen and oxygen atoms in total. The number of benzene rings is 1. The van der Waals surface area contributed by atoms with Gasteiger partial charge in [-0.1, -0.05) is 0 Å². The van der Waals surface area contributed by atoms with Gasteiger partial charge in [0, 0.05) is 18.7 Å². The Labute approximate surface area is 99.2 Å². The van der Waals surface area contributed by atoms with Gasteiger partial charge < -0.3 is 19.8 Å². The Morgan fingerprint density at radius 1 is 1.53 bits per heavy atom. The molecule has 17 heavy (non-hydrogen) atoms. The number of likely N-dealkylation sites (tertiary alicyclic amines) is 1. The minimum Gasteiger partial charge on any atom is -0.504 e. The van der Waals surface area contributed by atoms with Crippen LogP contribution in [0, 0.1) is 0 Å². The van der Waals surface area contributed by atoms with Crippen LogP contribution in [0.25, 0.3) is 0 Å². The molecular formula is C12H15NO4. The Kier molecular flexibility index (Phi) is 3.19. The van der Waals surface area contributed by atoms with E-state index in [0.29, 0.717) is 30.8 Å². The first-order chi connectivity index (χ1) is 8.11. The van der Waals surface area contributed by atoms with E-state index < -0.39 is 6.10 Å². The summed E-state index contributed by atoms with van der Waals surface area (Å²) in [6.07, 6.45) is 0.166. The van der Waals surface area contributed by atoms with Gasteiger partial charge in [0.25, 0.3) is 5.91 Å². The Morgan fingerprint density at radius 2 is 2.29 bits per heavy atom. The highest BCUT2D eigenvalue weighted by Gasteiger charge is 2.25. The lowest BCUT2D eigenvalue weighted by atomic mass is 10.2. The number of aromatic hydroxyl groups is 1. The fourth-order valence-electron chi connectivity index (χ4n) is 1.93. The SMILES string of the molecule is COc1ccc(C(=O)N2CCC(O)C2)cc1O. The molecule has 0 saturated carbocycles. The van der Waals surface area contributed by atoms with Gasteiger partial charge in [0.15, 0.2) is 11.5 Å². The Balaban J connectivity index is 2.17. The van der Waals surface area contributed by atoms with E-state index in [-0.39, 0.29) is 11.7 Å². The monoisotopic (exact) mass is 237 g/mol. The predicted molar refractivity (Wildman–Crippen MR) is 61.2 cm³/mol. The van der Waals surface area contributed by atoms with Gasteiger partial charge in [-0.15, -0.1) is 0 Å². The first-order valence-electron chi connectivity index (χ1n) is 5.46. The third kappa shape index (κ3) is 2.34. The molecule has 0 radical (unpaired) electrons. The number of methoxy groups -OCH3 is 1. The molecule has 92 valence electrons. The molecular weight excluding hydrogens is 222 g/mol. The number of amides is 1. The Hall–Kier alpha value is -1.75. The quantitative estimate of drug-likeness (QED) is 0.790. The van der Waals surface area contributed by atoms with E-state index in [4.69, 9.17) is 4.74 Å². The van der Waals surface area contributed by atoms with E-state index in [0.717, 1.165) is 0 Å². The first kappa shape index (κ1) is 11.7. The third-order valence-corrected chi connectivity index (χ3v) is 2.88. The maximum atomic E-state index is 12.0. The molecule has 0 bridgehead atoms. The number of hydrogen-bond donors (Lipinski definition) is 2. The van der Waals surface area contributed by atoms with Crippen LogP contribution in [-0.2, 0) is 0 Å². The number of carbonyl (C=O) groups excluding carboxylic acids is 1. The zero-order valence-corrected chi connectivity index (χ0v) is 9.59. The molecule has 5 heteroatoms. The van der Waals surface area contributed by atoms with Gasteiger partial charge >= 0.3 is 0 Å². The van der Waals surface area contributed by atoms with E-state index in [1.165, 1.54) is 13.2 Å². The van der Waals surface area contributed by atoms with Crippen LogP contribution in [0.5, 0.6) is 11.5 Å². The lowest BCUT2D eigenvalue weighted by molar-refractivity contribution is 0.0764. The number of β-amino-alcohol motifs (C(OH)–C–C–N with tert-alkyl or cyclic N) is 1. The maximum Gasteiger partial charge on any atom is 0.254 e. The summed E-state index contributed by atoms with van der Waals surface area (Å²) < 4.78 is 4.91. The summed E-state index contributed by atoms with van der Waals surface area (Å²) in [6, 6.07) is 4.53. The maximum absolute atomic E-state index is 12.0. The van der Waals surface area contributed by atoms with Crippen molar-refractivity contribution in [1.82, 2.24) is 4.90 Å². The van der Waals surface area contributed by atoms with Gasteiger partial charge in [0.1, 0.15) is 0 Å². The molecule has 1 aliphatic rings. The lowest BCUT2D eigenvalue weighted by Gasteiger charge is -2.16. The molecule has 1 aliphatic heterocycles. The van der Waals surface area contributed by atoms with Crippen LogP contribution in [0.15, 0.2) is 18.2 Å². The minimum atomic E-state index is -0.439. The average Bonchev–Trinajstić information content (AvgIpc) is 2.75. The number of nitrogens with zero attached hydrogens (tertiary/aromatic N) is 1. The molecule has 0 aliphatic carbocycles. The molecule has 1 fully saturated rings. The van der Waals surface area contributed by atoms with Crippen LogP contribution >= 0.6 is 0 Å². The smallest absolute Gasteiger partial charge is 0.254 e. The molecule has 1 amide bonds. The summed E-state index contributed by atoms with van der Waals surface area (Å²) in [7, 11) is 1.45. The highest BCUT2D eigenvalue weighted by molar-refractivity contribution is 5.95. The van der Waals surface area contributed by atoms with Crippen molar-refractivity contribution in [3.63, 3.8) is 0 Å². The van der Waals surface area contributed by atoms with Crippen LogP contribution in [0.3, 0.4) is 0 Å². The largest absolute Gasteiger partial charge is 0.504 e. The summed E-state index contributed by atoms with van der Waals surface area (Å²) >= 11 is 0. The molecule has 2 rings (SSSR count). The second-order valence-corrected chi connectivity index (χ2v) is 4.08. The molecule has 1 atom stereocenters. The average molecular weight is 237 g/mol. The summed E-state index contributed by atoms with van der Waals surface area (Å²) in [6.45, 7) is 0.901.